The highest BCUT2D eigenvalue weighted by Crippen LogP contribution is 2.15. The molecule has 8 heteroatoms. The molecule has 1 atom stereocenters. The van der Waals surface area contributed by atoms with Crippen LogP contribution in [0.4, 0.5) is 10.5 Å². The summed E-state index contributed by atoms with van der Waals surface area (Å²) in [5, 5.41) is 5.24. The number of hydrogen-bond donors (Lipinski definition) is 3. The van der Waals surface area contributed by atoms with Gasteiger partial charge in [0.2, 0.25) is 11.8 Å². The van der Waals surface area contributed by atoms with Crippen LogP contribution in [0, 0.1) is 5.92 Å². The lowest BCUT2D eigenvalue weighted by molar-refractivity contribution is -0.125. The molecule has 1 fully saturated rings. The zero-order chi connectivity index (χ0) is 17.0. The number of rotatable bonds is 6. The lowest BCUT2D eigenvalue weighted by Gasteiger charge is -2.16. The summed E-state index contributed by atoms with van der Waals surface area (Å²) < 4.78 is 0. The quantitative estimate of drug-likeness (QED) is 0.673. The maximum Gasteiger partial charge on any atom is 0.324 e. The second-order valence-corrected chi connectivity index (χ2v) is 6.06. The summed E-state index contributed by atoms with van der Waals surface area (Å²) in [6.07, 6.45) is 0.605. The van der Waals surface area contributed by atoms with Gasteiger partial charge in [-0.2, -0.15) is 0 Å². The van der Waals surface area contributed by atoms with E-state index in [1.54, 1.807) is 24.3 Å². The fourth-order valence-electron chi connectivity index (χ4n) is 2.40. The first-order valence-corrected chi connectivity index (χ1v) is 7.60. The summed E-state index contributed by atoms with van der Waals surface area (Å²) in [5.41, 5.74) is 7.21. The van der Waals surface area contributed by atoms with Crippen molar-refractivity contribution in [1.29, 1.82) is 0 Å². The van der Waals surface area contributed by atoms with Crippen molar-refractivity contribution in [1.82, 2.24) is 10.2 Å². The van der Waals surface area contributed by atoms with Gasteiger partial charge in [0.15, 0.2) is 0 Å². The third-order valence-corrected chi connectivity index (χ3v) is 3.53. The fourth-order valence-corrected chi connectivity index (χ4v) is 2.40. The summed E-state index contributed by atoms with van der Waals surface area (Å²) in [6, 6.07) is 6.07. The van der Waals surface area contributed by atoms with Crippen molar-refractivity contribution >= 4 is 35.9 Å². The molecule has 0 spiro atoms. The van der Waals surface area contributed by atoms with E-state index in [9.17, 15) is 14.4 Å². The molecule has 132 valence electrons. The van der Waals surface area contributed by atoms with Crippen molar-refractivity contribution in [3.05, 3.63) is 29.8 Å². The lowest BCUT2D eigenvalue weighted by Crippen LogP contribution is -2.36. The van der Waals surface area contributed by atoms with Gasteiger partial charge in [-0.15, -0.1) is 12.4 Å². The van der Waals surface area contributed by atoms with Gasteiger partial charge < -0.3 is 16.4 Å². The van der Waals surface area contributed by atoms with E-state index in [1.165, 1.54) is 0 Å². The van der Waals surface area contributed by atoms with Crippen LogP contribution >= 0.6 is 12.4 Å². The molecule has 0 bridgehead atoms. The van der Waals surface area contributed by atoms with Crippen molar-refractivity contribution in [2.75, 3.05) is 11.9 Å². The summed E-state index contributed by atoms with van der Waals surface area (Å²) in [5.74, 6) is -0.170. The first-order valence-electron chi connectivity index (χ1n) is 7.60. The zero-order valence-electron chi connectivity index (χ0n) is 13.7. The van der Waals surface area contributed by atoms with Crippen molar-refractivity contribution in [2.45, 2.75) is 32.9 Å². The Hall–Kier alpha value is -2.12. The molecule has 0 saturated carbocycles. The molecule has 24 heavy (non-hydrogen) atoms. The average Bonchev–Trinajstić information content (AvgIpc) is 2.79. The highest BCUT2D eigenvalue weighted by Gasteiger charge is 2.28. The number of nitrogens with zero attached hydrogens (tertiary/aromatic N) is 1. The third kappa shape index (κ3) is 5.21. The minimum absolute atomic E-state index is 0. The molecule has 0 aromatic heterocycles. The number of amides is 4. The van der Waals surface area contributed by atoms with E-state index < -0.39 is 12.1 Å². The number of benzene rings is 1. The molecule has 1 aliphatic heterocycles. The molecule has 1 aromatic carbocycles. The van der Waals surface area contributed by atoms with Gasteiger partial charge >= 0.3 is 6.03 Å². The molecule has 2 rings (SSSR count). The molecule has 1 aromatic rings. The van der Waals surface area contributed by atoms with Gasteiger partial charge in [-0.1, -0.05) is 26.0 Å². The van der Waals surface area contributed by atoms with Crippen molar-refractivity contribution < 1.29 is 14.4 Å². The van der Waals surface area contributed by atoms with E-state index >= 15 is 0 Å². The molecular formula is C16H23ClN4O3. The summed E-state index contributed by atoms with van der Waals surface area (Å²) in [6.45, 7) is 4.21. The smallest absolute Gasteiger partial charge is 0.324 e. The fraction of sp³-hybridized carbons (Fsp3) is 0.438. The van der Waals surface area contributed by atoms with Gasteiger partial charge in [0.1, 0.15) is 0 Å². The number of nitrogens with two attached hydrogens (primary N) is 1. The molecule has 1 heterocycles. The van der Waals surface area contributed by atoms with Gasteiger partial charge in [0.25, 0.3) is 0 Å². The van der Waals surface area contributed by atoms with Crippen molar-refractivity contribution in [3.63, 3.8) is 0 Å². The Bertz CT molecular complexity index is 605. The molecule has 0 radical (unpaired) electrons. The predicted octanol–water partition coefficient (Wildman–Crippen LogP) is 1.47. The predicted molar refractivity (Wildman–Crippen MR) is 93.7 cm³/mol. The van der Waals surface area contributed by atoms with Crippen LogP contribution in [-0.2, 0) is 16.1 Å². The van der Waals surface area contributed by atoms with Crippen molar-refractivity contribution in [3.8, 4) is 0 Å². The molecule has 4 amide bonds. The van der Waals surface area contributed by atoms with Crippen LogP contribution in [0.3, 0.4) is 0 Å². The molecule has 0 unspecified atom stereocenters. The highest BCUT2D eigenvalue weighted by atomic mass is 35.5. The maximum atomic E-state index is 12.0. The topological polar surface area (TPSA) is 105 Å². The number of imide groups is 1. The lowest BCUT2D eigenvalue weighted by atomic mass is 10.0. The normalized spacial score (nSPS) is 15.1. The van der Waals surface area contributed by atoms with Crippen LogP contribution in [0.15, 0.2) is 24.3 Å². The van der Waals surface area contributed by atoms with Gasteiger partial charge in [-0.05, 0) is 30.0 Å². The number of carbonyl (C=O) groups excluding carboxylic acids is 3. The van der Waals surface area contributed by atoms with Crippen LogP contribution in [0.2, 0.25) is 0 Å². The van der Waals surface area contributed by atoms with Crippen LogP contribution < -0.4 is 16.4 Å². The minimum Gasteiger partial charge on any atom is -0.329 e. The number of anilines is 1. The monoisotopic (exact) mass is 354 g/mol. The van der Waals surface area contributed by atoms with E-state index in [-0.39, 0.29) is 37.3 Å². The van der Waals surface area contributed by atoms with Gasteiger partial charge in [-0.25, -0.2) is 4.79 Å². The average molecular weight is 355 g/mol. The Morgan fingerprint density at radius 1 is 1.38 bits per heavy atom. The Kier molecular flexibility index (Phi) is 7.18. The number of carbonyl (C=O) groups is 3. The number of halogens is 1. The second kappa shape index (κ2) is 8.65. The molecular weight excluding hydrogens is 332 g/mol. The van der Waals surface area contributed by atoms with Gasteiger partial charge in [0.05, 0.1) is 19.1 Å². The van der Waals surface area contributed by atoms with E-state index in [0.29, 0.717) is 18.0 Å². The number of hydrogen-bond acceptors (Lipinski definition) is 4. The first-order chi connectivity index (χ1) is 10.9. The number of urea groups is 1. The van der Waals surface area contributed by atoms with Gasteiger partial charge in [-0.3, -0.25) is 14.5 Å². The van der Waals surface area contributed by atoms with Crippen LogP contribution in [0.5, 0.6) is 0 Å². The van der Waals surface area contributed by atoms with E-state index in [2.05, 4.69) is 10.6 Å². The molecule has 4 N–H and O–H groups in total. The van der Waals surface area contributed by atoms with E-state index in [0.717, 1.165) is 10.5 Å². The Morgan fingerprint density at radius 2 is 2.08 bits per heavy atom. The second-order valence-electron chi connectivity index (χ2n) is 6.06. The zero-order valence-corrected chi connectivity index (χ0v) is 14.6. The van der Waals surface area contributed by atoms with Gasteiger partial charge in [0, 0.05) is 5.69 Å². The molecule has 1 saturated heterocycles. The first kappa shape index (κ1) is 19.9. The third-order valence-electron chi connectivity index (χ3n) is 3.53. The molecule has 1 aliphatic rings. The Labute approximate surface area is 147 Å². The molecule has 0 aliphatic carbocycles. The van der Waals surface area contributed by atoms with Crippen LogP contribution in [0.25, 0.3) is 0 Å². The summed E-state index contributed by atoms with van der Waals surface area (Å²) in [7, 11) is 0. The highest BCUT2D eigenvalue weighted by molar-refractivity contribution is 6.01. The Morgan fingerprint density at radius 3 is 2.67 bits per heavy atom. The van der Waals surface area contributed by atoms with Crippen molar-refractivity contribution in [2.24, 2.45) is 11.7 Å². The maximum absolute atomic E-state index is 12.0. The largest absolute Gasteiger partial charge is 0.329 e. The number of nitrogens with one attached hydrogen (secondary N) is 2. The Balaban J connectivity index is 0.00000288. The standard InChI is InChI=1S/C16H22N4O3.ClH/c1-10(2)6-13(17)15(22)19-12-5-3-4-11(7-12)9-20-14(21)8-18-16(20)23;/h3-5,7,10,13H,6,8-9,17H2,1-2H3,(H,18,23)(H,19,22);1H/t13-;/m0./s1. The van der Waals surface area contributed by atoms with Crippen LogP contribution in [-0.4, -0.2) is 35.3 Å². The van der Waals surface area contributed by atoms with Crippen LogP contribution in [0.1, 0.15) is 25.8 Å². The van der Waals surface area contributed by atoms with E-state index in [1.807, 2.05) is 13.8 Å². The molecule has 7 nitrogen and oxygen atoms in total. The SMILES string of the molecule is CC(C)C[C@H](N)C(=O)Nc1cccc(CN2C(=O)CNC2=O)c1.Cl. The minimum atomic E-state index is -0.565. The summed E-state index contributed by atoms with van der Waals surface area (Å²) >= 11 is 0. The van der Waals surface area contributed by atoms with E-state index in [4.69, 9.17) is 5.73 Å². The summed E-state index contributed by atoms with van der Waals surface area (Å²) in [4.78, 5) is 36.3.